The van der Waals surface area contributed by atoms with E-state index in [4.69, 9.17) is 16.3 Å². The number of pyridine rings is 1. The molecule has 2 heterocycles. The van der Waals surface area contributed by atoms with Crippen LogP contribution < -0.4 is 9.46 Å². The zero-order valence-electron chi connectivity index (χ0n) is 16.7. The number of fused-ring (bicyclic) bond motifs is 1. The fraction of sp³-hybridized carbons (Fsp3) is 0.316. The molecule has 2 aromatic heterocycles. The first-order chi connectivity index (χ1) is 14.0. The fourth-order valence-electron chi connectivity index (χ4n) is 2.76. The van der Waals surface area contributed by atoms with E-state index in [2.05, 4.69) is 10.1 Å². The molecule has 1 amide bonds. The molecule has 0 spiro atoms. The van der Waals surface area contributed by atoms with Crippen LogP contribution in [0.2, 0.25) is 5.02 Å². The standard InChI is InChI=1S/C19H20ClFN4O4S/c1-10(2)9-29-19-15(20)5-12(8-22-19)25-17-7-16(21)14(6-13(17)11(3)23-25)18(26)24-30(4,27)28/h5-8,10H,9H2,1-4H3,(H,24,26). The summed E-state index contributed by atoms with van der Waals surface area (Å²) in [5.74, 6) is -1.35. The van der Waals surface area contributed by atoms with Crippen molar-refractivity contribution in [1.29, 1.82) is 0 Å². The number of benzene rings is 1. The summed E-state index contributed by atoms with van der Waals surface area (Å²) in [5.41, 5.74) is 0.955. The molecule has 8 nitrogen and oxygen atoms in total. The van der Waals surface area contributed by atoms with Gasteiger partial charge in [-0.05, 0) is 25.0 Å². The van der Waals surface area contributed by atoms with Gasteiger partial charge in [-0.3, -0.25) is 4.79 Å². The smallest absolute Gasteiger partial charge is 0.267 e. The van der Waals surface area contributed by atoms with Gasteiger partial charge in [-0.25, -0.2) is 27.2 Å². The Balaban J connectivity index is 2.03. The molecule has 1 N–H and O–H groups in total. The van der Waals surface area contributed by atoms with Crippen LogP contribution in [0.1, 0.15) is 29.9 Å². The van der Waals surface area contributed by atoms with Gasteiger partial charge in [-0.15, -0.1) is 0 Å². The molecule has 0 fully saturated rings. The average Bonchev–Trinajstić information content (AvgIpc) is 2.94. The van der Waals surface area contributed by atoms with Crippen LogP contribution in [0, 0.1) is 18.7 Å². The third kappa shape index (κ3) is 4.71. The molecular weight excluding hydrogens is 435 g/mol. The second-order valence-corrected chi connectivity index (χ2v) is 9.39. The van der Waals surface area contributed by atoms with Crippen LogP contribution in [0.15, 0.2) is 24.4 Å². The molecule has 0 unspecified atom stereocenters. The van der Waals surface area contributed by atoms with Crippen LogP contribution in [0.4, 0.5) is 4.39 Å². The number of sulfonamides is 1. The van der Waals surface area contributed by atoms with Gasteiger partial charge in [0.05, 0.1) is 41.5 Å². The van der Waals surface area contributed by atoms with E-state index in [1.807, 2.05) is 13.8 Å². The molecule has 0 saturated heterocycles. The summed E-state index contributed by atoms with van der Waals surface area (Å²) in [6, 6.07) is 3.97. The molecule has 1 aromatic carbocycles. The van der Waals surface area contributed by atoms with E-state index in [-0.39, 0.29) is 10.9 Å². The first-order valence-corrected chi connectivity index (χ1v) is 11.2. The number of rotatable bonds is 6. The number of aryl methyl sites for hydroxylation is 1. The molecule has 30 heavy (non-hydrogen) atoms. The summed E-state index contributed by atoms with van der Waals surface area (Å²) in [6.07, 6.45) is 2.31. The van der Waals surface area contributed by atoms with Gasteiger partial charge in [0.1, 0.15) is 10.8 Å². The van der Waals surface area contributed by atoms with Crippen molar-refractivity contribution in [2.75, 3.05) is 12.9 Å². The van der Waals surface area contributed by atoms with Crippen LogP contribution in [0.3, 0.4) is 0 Å². The quantitative estimate of drug-likeness (QED) is 0.613. The Hall–Kier alpha value is -2.72. The fourth-order valence-corrected chi connectivity index (χ4v) is 3.42. The number of carbonyl (C=O) groups is 1. The van der Waals surface area contributed by atoms with E-state index in [0.717, 1.165) is 12.3 Å². The van der Waals surface area contributed by atoms with Gasteiger partial charge in [0.2, 0.25) is 15.9 Å². The van der Waals surface area contributed by atoms with Gasteiger partial charge in [0.15, 0.2) is 0 Å². The maximum atomic E-state index is 14.6. The van der Waals surface area contributed by atoms with Gasteiger partial charge in [0.25, 0.3) is 5.91 Å². The Bertz CT molecular complexity index is 1240. The number of nitrogens with one attached hydrogen (secondary N) is 1. The first kappa shape index (κ1) is 22.0. The number of ether oxygens (including phenoxy) is 1. The summed E-state index contributed by atoms with van der Waals surface area (Å²) in [5, 5.41) is 5.14. The number of hydrogen-bond donors (Lipinski definition) is 1. The Morgan fingerprint density at radius 2 is 2.03 bits per heavy atom. The molecule has 11 heteroatoms. The number of hydrogen-bond acceptors (Lipinski definition) is 6. The number of carbonyl (C=O) groups excluding carboxylic acids is 1. The molecule has 0 aliphatic rings. The average molecular weight is 455 g/mol. The second-order valence-electron chi connectivity index (χ2n) is 7.24. The number of halogens is 2. The van der Waals surface area contributed by atoms with Crippen LogP contribution in [0.25, 0.3) is 16.6 Å². The van der Waals surface area contributed by atoms with Crippen LogP contribution in [-0.4, -0.2) is 42.0 Å². The van der Waals surface area contributed by atoms with E-state index in [9.17, 15) is 17.6 Å². The van der Waals surface area contributed by atoms with Gasteiger partial charge < -0.3 is 4.74 Å². The van der Waals surface area contributed by atoms with Crippen molar-refractivity contribution in [2.24, 2.45) is 5.92 Å². The largest absolute Gasteiger partial charge is 0.476 e. The van der Waals surface area contributed by atoms with E-state index < -0.39 is 27.3 Å². The molecule has 0 atom stereocenters. The topological polar surface area (TPSA) is 103 Å². The molecule has 3 rings (SSSR count). The predicted molar refractivity (Wildman–Crippen MR) is 111 cm³/mol. The van der Waals surface area contributed by atoms with Crippen LogP contribution >= 0.6 is 11.6 Å². The Morgan fingerprint density at radius 1 is 1.33 bits per heavy atom. The van der Waals surface area contributed by atoms with E-state index >= 15 is 0 Å². The summed E-state index contributed by atoms with van der Waals surface area (Å²) in [7, 11) is -3.83. The van der Waals surface area contributed by atoms with Crippen molar-refractivity contribution in [3.8, 4) is 11.6 Å². The van der Waals surface area contributed by atoms with Crippen LogP contribution in [0.5, 0.6) is 5.88 Å². The highest BCUT2D eigenvalue weighted by Gasteiger charge is 2.20. The van der Waals surface area contributed by atoms with Crippen molar-refractivity contribution in [3.63, 3.8) is 0 Å². The summed E-state index contributed by atoms with van der Waals surface area (Å²) in [4.78, 5) is 16.3. The number of aromatic nitrogens is 3. The lowest BCUT2D eigenvalue weighted by atomic mass is 10.1. The normalized spacial score (nSPS) is 11.8. The third-order valence-corrected chi connectivity index (χ3v) is 4.89. The number of amides is 1. The zero-order chi connectivity index (χ0) is 22.2. The van der Waals surface area contributed by atoms with E-state index in [1.54, 1.807) is 17.7 Å². The highest BCUT2D eigenvalue weighted by Crippen LogP contribution is 2.29. The lowest BCUT2D eigenvalue weighted by Gasteiger charge is -2.11. The second kappa shape index (κ2) is 8.19. The van der Waals surface area contributed by atoms with Gasteiger partial charge in [0, 0.05) is 11.5 Å². The molecule has 3 aromatic rings. The van der Waals surface area contributed by atoms with Crippen LogP contribution in [-0.2, 0) is 10.0 Å². The predicted octanol–water partition coefficient (Wildman–Crippen LogP) is 3.25. The number of nitrogens with zero attached hydrogens (tertiary/aromatic N) is 3. The van der Waals surface area contributed by atoms with Crippen molar-refractivity contribution in [1.82, 2.24) is 19.5 Å². The lowest BCUT2D eigenvalue weighted by Crippen LogP contribution is -2.30. The minimum absolute atomic E-state index is 0.277. The molecule has 0 saturated carbocycles. The van der Waals surface area contributed by atoms with E-state index in [0.29, 0.717) is 34.8 Å². The highest BCUT2D eigenvalue weighted by atomic mass is 35.5. The van der Waals surface area contributed by atoms with Gasteiger partial charge in [-0.2, -0.15) is 5.10 Å². The SMILES string of the molecule is Cc1nn(-c2cnc(OCC(C)C)c(Cl)c2)c2cc(F)c(C(=O)NS(C)(=O)=O)cc12. The van der Waals surface area contributed by atoms with Crippen molar-refractivity contribution < 1.29 is 22.3 Å². The Labute approximate surface area is 178 Å². The molecule has 0 radical (unpaired) electrons. The molecule has 0 aliphatic carbocycles. The van der Waals surface area contributed by atoms with E-state index in [1.165, 1.54) is 16.9 Å². The lowest BCUT2D eigenvalue weighted by molar-refractivity contribution is 0.0978. The Kier molecular flexibility index (Phi) is 6.00. The summed E-state index contributed by atoms with van der Waals surface area (Å²) in [6.45, 7) is 6.14. The third-order valence-electron chi connectivity index (χ3n) is 4.07. The van der Waals surface area contributed by atoms with Gasteiger partial charge in [-0.1, -0.05) is 25.4 Å². The summed E-state index contributed by atoms with van der Waals surface area (Å²) < 4.78 is 45.9. The zero-order valence-corrected chi connectivity index (χ0v) is 18.3. The molecule has 160 valence electrons. The molecular formula is C19H20ClFN4O4S. The molecule has 0 aliphatic heterocycles. The Morgan fingerprint density at radius 3 is 2.63 bits per heavy atom. The minimum Gasteiger partial charge on any atom is -0.476 e. The van der Waals surface area contributed by atoms with Crippen molar-refractivity contribution >= 4 is 38.4 Å². The molecule has 0 bridgehead atoms. The van der Waals surface area contributed by atoms with Crippen molar-refractivity contribution in [2.45, 2.75) is 20.8 Å². The van der Waals surface area contributed by atoms with Crippen molar-refractivity contribution in [3.05, 3.63) is 46.5 Å². The van der Waals surface area contributed by atoms with Gasteiger partial charge >= 0.3 is 0 Å². The summed E-state index contributed by atoms with van der Waals surface area (Å²) >= 11 is 6.27. The highest BCUT2D eigenvalue weighted by molar-refractivity contribution is 7.89. The monoisotopic (exact) mass is 454 g/mol. The first-order valence-electron chi connectivity index (χ1n) is 8.96. The minimum atomic E-state index is -3.83. The maximum Gasteiger partial charge on any atom is 0.267 e. The maximum absolute atomic E-state index is 14.6.